The topological polar surface area (TPSA) is 82.0 Å². The van der Waals surface area contributed by atoms with Gasteiger partial charge in [0.2, 0.25) is 6.29 Å². The van der Waals surface area contributed by atoms with Gasteiger partial charge in [-0.3, -0.25) is 9.59 Å². The summed E-state index contributed by atoms with van der Waals surface area (Å²) < 4.78 is 9.56. The molecule has 1 fully saturated rings. The van der Waals surface area contributed by atoms with Crippen LogP contribution in [0.5, 0.6) is 0 Å². The van der Waals surface area contributed by atoms with E-state index in [9.17, 15) is 14.5 Å². The Bertz CT molecular complexity index is 243. The summed E-state index contributed by atoms with van der Waals surface area (Å²) in [4.78, 5) is 31.0. The first kappa shape index (κ1) is 10.1. The minimum atomic E-state index is -0.929. The van der Waals surface area contributed by atoms with Crippen molar-refractivity contribution >= 4 is 23.6 Å². The number of esters is 1. The van der Waals surface area contributed by atoms with Gasteiger partial charge in [-0.05, 0) is 0 Å². The van der Waals surface area contributed by atoms with E-state index < -0.39 is 23.6 Å². The first-order chi connectivity index (χ1) is 6.13. The molecule has 0 N–H and O–H groups in total. The van der Waals surface area contributed by atoms with Gasteiger partial charge in [0.25, 0.3) is 0 Å². The molecule has 1 rings (SSSR count). The minimum Gasteiger partial charge on any atom is -0.435 e. The molecule has 1 saturated heterocycles. The summed E-state index contributed by atoms with van der Waals surface area (Å²) in [5.41, 5.74) is -0.929. The molecule has 0 aromatic heterocycles. The normalized spacial score (nSPS) is 26.8. The zero-order valence-corrected chi connectivity index (χ0v) is 7.58. The van der Waals surface area contributed by atoms with E-state index in [1.165, 1.54) is 6.92 Å². The van der Waals surface area contributed by atoms with E-state index in [0.717, 1.165) is 11.8 Å². The maximum atomic E-state index is 10.7. The lowest BCUT2D eigenvalue weighted by Crippen LogP contribution is -2.21. The van der Waals surface area contributed by atoms with Crippen molar-refractivity contribution in [2.45, 2.75) is 18.6 Å². The second-order valence-electron chi connectivity index (χ2n) is 2.27. The Balaban J connectivity index is 2.40. The zero-order valence-electron chi connectivity index (χ0n) is 6.76. The number of nitrogens with zero attached hydrogens (tertiary/aromatic N) is 1. The predicted molar refractivity (Wildman–Crippen MR) is 43.7 cm³/mol. The predicted octanol–water partition coefficient (Wildman–Crippen LogP) is 0.258. The molecule has 13 heavy (non-hydrogen) atoms. The Morgan fingerprint density at radius 1 is 1.62 bits per heavy atom. The van der Waals surface area contributed by atoms with Gasteiger partial charge in [-0.1, -0.05) is 0 Å². The highest BCUT2D eigenvalue weighted by Crippen LogP contribution is 2.26. The van der Waals surface area contributed by atoms with E-state index in [1.807, 2.05) is 0 Å². The molecule has 7 heteroatoms. The van der Waals surface area contributed by atoms with E-state index in [-0.39, 0.29) is 0 Å². The van der Waals surface area contributed by atoms with Crippen molar-refractivity contribution in [1.82, 2.24) is 0 Å². The van der Waals surface area contributed by atoms with Gasteiger partial charge >= 0.3 is 11.9 Å². The molecule has 1 heterocycles. The molecule has 72 valence electrons. The molecular weight excluding hydrogens is 198 g/mol. The van der Waals surface area contributed by atoms with E-state index in [4.69, 9.17) is 4.74 Å². The van der Waals surface area contributed by atoms with Gasteiger partial charge in [0.15, 0.2) is 5.44 Å². The lowest BCUT2D eigenvalue weighted by atomic mass is 10.6. The Kier molecular flexibility index (Phi) is 3.38. The molecule has 1 amide bonds. The number of carbonyl (C=O) groups is 2. The Labute approximate surface area is 77.9 Å². The van der Waals surface area contributed by atoms with Crippen molar-refractivity contribution in [2.24, 2.45) is 5.18 Å². The molecular formula is C6H7NO5S. The van der Waals surface area contributed by atoms with Crippen LogP contribution in [0.3, 0.4) is 0 Å². The molecule has 0 spiro atoms. The lowest BCUT2D eigenvalue weighted by molar-refractivity contribution is -0.172. The summed E-state index contributed by atoms with van der Waals surface area (Å²) in [5.74, 6) is -1.04. The molecule has 0 unspecified atom stereocenters. The van der Waals surface area contributed by atoms with Crippen LogP contribution in [-0.2, 0) is 19.1 Å². The number of amides is 1. The summed E-state index contributed by atoms with van der Waals surface area (Å²) >= 11 is 1.08. The third kappa shape index (κ3) is 2.78. The average Bonchev–Trinajstić information content (AvgIpc) is 2.50. The summed E-state index contributed by atoms with van der Waals surface area (Å²) in [6.07, 6.45) is -0.752. The first-order valence-electron chi connectivity index (χ1n) is 3.45. The van der Waals surface area contributed by atoms with E-state index >= 15 is 0 Å². The molecule has 0 aromatic carbocycles. The van der Waals surface area contributed by atoms with Crippen molar-refractivity contribution < 1.29 is 19.1 Å². The molecule has 0 saturated carbocycles. The molecule has 1 aliphatic rings. The van der Waals surface area contributed by atoms with Crippen molar-refractivity contribution in [3.63, 3.8) is 0 Å². The second-order valence-corrected chi connectivity index (χ2v) is 3.36. The lowest BCUT2D eigenvalue weighted by Gasteiger charge is -2.08. The van der Waals surface area contributed by atoms with Gasteiger partial charge in [0.1, 0.15) is 0 Å². The monoisotopic (exact) mass is 205 g/mol. The van der Waals surface area contributed by atoms with Crippen LogP contribution in [0, 0.1) is 4.91 Å². The van der Waals surface area contributed by atoms with E-state index in [2.05, 4.69) is 9.91 Å². The SMILES string of the molecule is CC(=O)O[C@@H]1CS[C@@H](C(=O)N=O)O1. The quantitative estimate of drug-likeness (QED) is 0.475. The van der Waals surface area contributed by atoms with Gasteiger partial charge in [-0.25, -0.2) is 0 Å². The molecule has 1 aliphatic heterocycles. The van der Waals surface area contributed by atoms with Crippen molar-refractivity contribution in [1.29, 1.82) is 0 Å². The van der Waals surface area contributed by atoms with Crippen molar-refractivity contribution in [3.05, 3.63) is 4.91 Å². The number of thioether (sulfide) groups is 1. The fraction of sp³-hybridized carbons (Fsp3) is 0.667. The van der Waals surface area contributed by atoms with Crippen molar-refractivity contribution in [2.75, 3.05) is 5.75 Å². The summed E-state index contributed by atoms with van der Waals surface area (Å²) in [6.45, 7) is 1.24. The summed E-state index contributed by atoms with van der Waals surface area (Å²) in [6, 6.07) is 0. The third-order valence-corrected chi connectivity index (χ3v) is 2.33. The molecule has 0 aliphatic carbocycles. The number of nitroso groups, excluding NO2 is 1. The molecule has 6 nitrogen and oxygen atoms in total. The van der Waals surface area contributed by atoms with Gasteiger partial charge in [-0.2, -0.15) is 0 Å². The van der Waals surface area contributed by atoms with Crippen LogP contribution in [0.15, 0.2) is 5.18 Å². The van der Waals surface area contributed by atoms with Crippen LogP contribution in [0.1, 0.15) is 6.92 Å². The third-order valence-electron chi connectivity index (χ3n) is 1.25. The number of hydrogen-bond donors (Lipinski definition) is 0. The first-order valence-corrected chi connectivity index (χ1v) is 4.50. The number of hydrogen-bond acceptors (Lipinski definition) is 6. The van der Waals surface area contributed by atoms with Gasteiger partial charge in [0.05, 0.1) is 5.75 Å². The van der Waals surface area contributed by atoms with Crippen LogP contribution in [-0.4, -0.2) is 29.4 Å². The molecule has 2 atom stereocenters. The van der Waals surface area contributed by atoms with Gasteiger partial charge in [0, 0.05) is 12.1 Å². The number of ether oxygens (including phenoxy) is 2. The van der Waals surface area contributed by atoms with Crippen molar-refractivity contribution in [3.8, 4) is 0 Å². The standard InChI is InChI=1S/C6H7NO5S/c1-3(8)11-4-2-13-6(12-4)5(9)7-10/h4,6H,2H2,1H3/t4-,6-/m0/s1. The molecule has 0 aromatic rings. The average molecular weight is 205 g/mol. The van der Waals surface area contributed by atoms with Crippen LogP contribution >= 0.6 is 11.8 Å². The highest BCUT2D eigenvalue weighted by Gasteiger charge is 2.33. The second kappa shape index (κ2) is 4.33. The Hall–Kier alpha value is -0.950. The maximum absolute atomic E-state index is 10.7. The summed E-state index contributed by atoms with van der Waals surface area (Å²) in [5, 5.41) is 2.21. The Morgan fingerprint density at radius 3 is 2.85 bits per heavy atom. The fourth-order valence-corrected chi connectivity index (χ4v) is 1.67. The van der Waals surface area contributed by atoms with Crippen LogP contribution in [0.2, 0.25) is 0 Å². The fourth-order valence-electron chi connectivity index (χ4n) is 0.802. The minimum absolute atomic E-state index is 0.339. The van der Waals surface area contributed by atoms with Crippen LogP contribution < -0.4 is 0 Å². The van der Waals surface area contributed by atoms with Crippen LogP contribution in [0.4, 0.5) is 0 Å². The van der Waals surface area contributed by atoms with Crippen LogP contribution in [0.25, 0.3) is 0 Å². The van der Waals surface area contributed by atoms with Gasteiger partial charge in [-0.15, -0.1) is 16.7 Å². The largest absolute Gasteiger partial charge is 0.435 e. The Morgan fingerprint density at radius 2 is 2.31 bits per heavy atom. The zero-order chi connectivity index (χ0) is 9.84. The smallest absolute Gasteiger partial charge is 0.325 e. The van der Waals surface area contributed by atoms with E-state index in [0.29, 0.717) is 5.75 Å². The highest BCUT2D eigenvalue weighted by molar-refractivity contribution is 8.00. The molecule has 0 bridgehead atoms. The molecule has 0 radical (unpaired) electrons. The number of carbonyl (C=O) groups excluding carboxylic acids is 2. The van der Waals surface area contributed by atoms with Gasteiger partial charge < -0.3 is 9.47 Å². The summed E-state index contributed by atoms with van der Waals surface area (Å²) in [7, 11) is 0. The number of rotatable bonds is 2. The highest BCUT2D eigenvalue weighted by atomic mass is 32.2. The maximum Gasteiger partial charge on any atom is 0.325 e. The van der Waals surface area contributed by atoms with E-state index in [1.54, 1.807) is 0 Å².